The molecule has 1 aromatic carbocycles. The summed E-state index contributed by atoms with van der Waals surface area (Å²) < 4.78 is 5.51. The highest BCUT2D eigenvalue weighted by atomic mass is 35.5. The van der Waals surface area contributed by atoms with E-state index in [9.17, 15) is 9.59 Å². The lowest BCUT2D eigenvalue weighted by Crippen LogP contribution is -2.42. The van der Waals surface area contributed by atoms with Crippen molar-refractivity contribution < 1.29 is 14.3 Å². The fourth-order valence-corrected chi connectivity index (χ4v) is 4.12. The van der Waals surface area contributed by atoms with Gasteiger partial charge >= 0.3 is 12.1 Å². The lowest BCUT2D eigenvalue weighted by molar-refractivity contribution is 0.111. The molecular weight excluding hydrogens is 392 g/mol. The Kier molecular flexibility index (Phi) is 8.43. The second-order valence-corrected chi connectivity index (χ2v) is 8.39. The first-order valence-electron chi connectivity index (χ1n) is 10.5. The SMILES string of the molecule is O=C(NCC1CCC(CNC(=O)Nc2cccc(Cl)c2)CC1)NCC1CCCO1. The third-order valence-electron chi connectivity index (χ3n) is 5.67. The molecule has 2 aliphatic rings. The monoisotopic (exact) mass is 422 g/mol. The van der Waals surface area contributed by atoms with E-state index < -0.39 is 0 Å². The van der Waals surface area contributed by atoms with Gasteiger partial charge < -0.3 is 26.0 Å². The van der Waals surface area contributed by atoms with Crippen LogP contribution in [0.15, 0.2) is 24.3 Å². The zero-order chi connectivity index (χ0) is 20.5. The van der Waals surface area contributed by atoms with Gasteiger partial charge in [-0.2, -0.15) is 0 Å². The molecule has 1 saturated carbocycles. The molecule has 160 valence electrons. The van der Waals surface area contributed by atoms with Crippen LogP contribution in [0.1, 0.15) is 38.5 Å². The first-order valence-corrected chi connectivity index (χ1v) is 10.9. The van der Waals surface area contributed by atoms with E-state index in [4.69, 9.17) is 16.3 Å². The molecule has 1 aliphatic carbocycles. The number of rotatable bonds is 7. The van der Waals surface area contributed by atoms with Gasteiger partial charge in [-0.25, -0.2) is 9.59 Å². The summed E-state index contributed by atoms with van der Waals surface area (Å²) in [6.07, 6.45) is 6.51. The molecule has 0 radical (unpaired) electrons. The lowest BCUT2D eigenvalue weighted by atomic mass is 9.82. The molecule has 4 N–H and O–H groups in total. The Balaban J connectivity index is 1.25. The van der Waals surface area contributed by atoms with Gasteiger partial charge in [-0.3, -0.25) is 0 Å². The molecule has 1 heterocycles. The largest absolute Gasteiger partial charge is 0.376 e. The van der Waals surface area contributed by atoms with E-state index >= 15 is 0 Å². The van der Waals surface area contributed by atoms with Gasteiger partial charge in [-0.05, 0) is 68.6 Å². The molecule has 0 aromatic heterocycles. The van der Waals surface area contributed by atoms with Crippen molar-refractivity contribution in [3.63, 3.8) is 0 Å². The number of carbonyl (C=O) groups excluding carboxylic acids is 2. The van der Waals surface area contributed by atoms with Crippen LogP contribution >= 0.6 is 11.6 Å². The second-order valence-electron chi connectivity index (χ2n) is 7.96. The van der Waals surface area contributed by atoms with Gasteiger partial charge in [0.25, 0.3) is 0 Å². The van der Waals surface area contributed by atoms with Crippen molar-refractivity contribution >= 4 is 29.4 Å². The highest BCUT2D eigenvalue weighted by Crippen LogP contribution is 2.28. The standard InChI is InChI=1S/C21H31ClN4O3/c22-17-3-1-4-18(11-17)26-21(28)24-13-16-8-6-15(7-9-16)12-23-20(27)25-14-19-5-2-10-29-19/h1,3-4,11,15-16,19H,2,5-10,12-14H2,(H2,23,25,27)(H2,24,26,28). The van der Waals surface area contributed by atoms with Gasteiger partial charge in [0.05, 0.1) is 6.10 Å². The first kappa shape index (κ1) is 21.7. The first-order chi connectivity index (χ1) is 14.1. The van der Waals surface area contributed by atoms with Crippen LogP contribution in [0.5, 0.6) is 0 Å². The van der Waals surface area contributed by atoms with Gasteiger partial charge in [-0.15, -0.1) is 0 Å². The molecule has 8 heteroatoms. The number of hydrogen-bond donors (Lipinski definition) is 4. The Morgan fingerprint density at radius 3 is 2.21 bits per heavy atom. The highest BCUT2D eigenvalue weighted by Gasteiger charge is 2.22. The van der Waals surface area contributed by atoms with E-state index in [2.05, 4.69) is 21.3 Å². The Labute approximate surface area is 177 Å². The maximum Gasteiger partial charge on any atom is 0.319 e. The third-order valence-corrected chi connectivity index (χ3v) is 5.90. The van der Waals surface area contributed by atoms with Crippen molar-refractivity contribution in [3.05, 3.63) is 29.3 Å². The number of anilines is 1. The van der Waals surface area contributed by atoms with E-state index in [1.807, 2.05) is 0 Å². The summed E-state index contributed by atoms with van der Waals surface area (Å²) in [5.41, 5.74) is 0.683. The Bertz CT molecular complexity index is 674. The van der Waals surface area contributed by atoms with Gasteiger partial charge in [0.15, 0.2) is 0 Å². The molecule has 4 amide bonds. The Hall–Kier alpha value is -1.99. The van der Waals surface area contributed by atoms with Crippen molar-refractivity contribution in [1.82, 2.24) is 16.0 Å². The Morgan fingerprint density at radius 2 is 1.59 bits per heavy atom. The number of carbonyl (C=O) groups is 2. The minimum absolute atomic E-state index is 0.109. The van der Waals surface area contributed by atoms with Crippen LogP contribution in [-0.2, 0) is 4.74 Å². The molecule has 0 spiro atoms. The number of amides is 4. The molecule has 1 saturated heterocycles. The van der Waals surface area contributed by atoms with Crippen LogP contribution in [0.3, 0.4) is 0 Å². The molecule has 7 nitrogen and oxygen atoms in total. The normalized spacial score (nSPS) is 24.0. The topological polar surface area (TPSA) is 91.5 Å². The minimum atomic E-state index is -0.209. The number of halogens is 1. The minimum Gasteiger partial charge on any atom is -0.376 e. The molecule has 0 bridgehead atoms. The van der Waals surface area contributed by atoms with Crippen LogP contribution in [0.25, 0.3) is 0 Å². The number of benzene rings is 1. The fourth-order valence-electron chi connectivity index (χ4n) is 3.93. The lowest BCUT2D eigenvalue weighted by Gasteiger charge is -2.28. The summed E-state index contributed by atoms with van der Waals surface area (Å²) in [5, 5.41) is 12.2. The molecule has 2 fully saturated rings. The van der Waals surface area contributed by atoms with E-state index in [0.29, 0.717) is 42.2 Å². The van der Waals surface area contributed by atoms with Gasteiger partial charge in [0.2, 0.25) is 0 Å². The van der Waals surface area contributed by atoms with Crippen molar-refractivity contribution in [2.75, 3.05) is 31.6 Å². The van der Waals surface area contributed by atoms with E-state index in [1.165, 1.54) is 0 Å². The van der Waals surface area contributed by atoms with Crippen LogP contribution in [0, 0.1) is 11.8 Å². The van der Waals surface area contributed by atoms with Crippen LogP contribution in [0.2, 0.25) is 5.02 Å². The van der Waals surface area contributed by atoms with Crippen LogP contribution < -0.4 is 21.3 Å². The predicted molar refractivity (Wildman–Crippen MR) is 114 cm³/mol. The van der Waals surface area contributed by atoms with E-state index in [1.54, 1.807) is 24.3 Å². The Morgan fingerprint density at radius 1 is 0.931 bits per heavy atom. The average Bonchev–Trinajstić information content (AvgIpc) is 3.24. The number of urea groups is 2. The number of hydrogen-bond acceptors (Lipinski definition) is 3. The van der Waals surface area contributed by atoms with Gasteiger partial charge in [0, 0.05) is 37.0 Å². The fraction of sp³-hybridized carbons (Fsp3) is 0.619. The van der Waals surface area contributed by atoms with Crippen molar-refractivity contribution in [3.8, 4) is 0 Å². The molecule has 1 aromatic rings. The van der Waals surface area contributed by atoms with E-state index in [-0.39, 0.29) is 18.2 Å². The summed E-state index contributed by atoms with van der Waals surface area (Å²) in [4.78, 5) is 24.0. The number of nitrogens with one attached hydrogen (secondary N) is 4. The molecule has 3 rings (SSSR count). The summed E-state index contributed by atoms with van der Waals surface area (Å²) in [6, 6.07) is 6.78. The van der Waals surface area contributed by atoms with E-state index in [0.717, 1.165) is 45.1 Å². The molecule has 1 atom stereocenters. The second kappa shape index (κ2) is 11.3. The molecule has 29 heavy (non-hydrogen) atoms. The quantitative estimate of drug-likeness (QED) is 0.539. The van der Waals surface area contributed by atoms with Crippen molar-refractivity contribution in [2.24, 2.45) is 11.8 Å². The maximum atomic E-state index is 12.0. The molecule has 1 aliphatic heterocycles. The summed E-state index contributed by atoms with van der Waals surface area (Å²) in [6.45, 7) is 2.75. The zero-order valence-corrected chi connectivity index (χ0v) is 17.5. The third kappa shape index (κ3) is 7.74. The van der Waals surface area contributed by atoms with Gasteiger partial charge in [-0.1, -0.05) is 17.7 Å². The smallest absolute Gasteiger partial charge is 0.319 e. The summed E-state index contributed by atoms with van der Waals surface area (Å²) in [7, 11) is 0. The highest BCUT2D eigenvalue weighted by molar-refractivity contribution is 6.30. The average molecular weight is 423 g/mol. The van der Waals surface area contributed by atoms with Crippen molar-refractivity contribution in [1.29, 1.82) is 0 Å². The molecular formula is C21H31ClN4O3. The number of ether oxygens (including phenoxy) is 1. The maximum absolute atomic E-state index is 12.0. The summed E-state index contributed by atoms with van der Waals surface area (Å²) in [5.74, 6) is 0.977. The summed E-state index contributed by atoms with van der Waals surface area (Å²) >= 11 is 5.93. The van der Waals surface area contributed by atoms with Crippen LogP contribution in [0.4, 0.5) is 15.3 Å². The zero-order valence-electron chi connectivity index (χ0n) is 16.7. The van der Waals surface area contributed by atoms with Crippen LogP contribution in [-0.4, -0.2) is 44.4 Å². The van der Waals surface area contributed by atoms with Gasteiger partial charge in [0.1, 0.15) is 0 Å². The molecule has 1 unspecified atom stereocenters. The predicted octanol–water partition coefficient (Wildman–Crippen LogP) is 3.75. The van der Waals surface area contributed by atoms with Crippen molar-refractivity contribution in [2.45, 2.75) is 44.6 Å².